The van der Waals surface area contributed by atoms with E-state index in [1.54, 1.807) is 0 Å². The molecule has 19 heavy (non-hydrogen) atoms. The van der Waals surface area contributed by atoms with E-state index in [-0.39, 0.29) is 11.6 Å². The Kier molecular flexibility index (Phi) is 5.62. The fraction of sp³-hybridized carbons (Fsp3) is 0.933. The average Bonchev–Trinajstić information content (AvgIpc) is 2.47. The van der Waals surface area contributed by atoms with Crippen LogP contribution in [0.2, 0.25) is 0 Å². The summed E-state index contributed by atoms with van der Waals surface area (Å²) < 4.78 is 11.4. The Morgan fingerprint density at radius 2 is 2.16 bits per heavy atom. The molecule has 1 saturated carbocycles. The second-order valence-corrected chi connectivity index (χ2v) is 5.83. The van der Waals surface area contributed by atoms with Gasteiger partial charge in [0.25, 0.3) is 0 Å². The lowest BCUT2D eigenvalue weighted by Gasteiger charge is -2.37. The normalized spacial score (nSPS) is 32.9. The van der Waals surface area contributed by atoms with E-state index in [9.17, 15) is 5.26 Å². The van der Waals surface area contributed by atoms with Gasteiger partial charge in [0.2, 0.25) is 0 Å². The Morgan fingerprint density at radius 3 is 2.84 bits per heavy atom. The van der Waals surface area contributed by atoms with E-state index in [1.807, 2.05) is 0 Å². The zero-order valence-electron chi connectivity index (χ0n) is 12.0. The van der Waals surface area contributed by atoms with Crippen LogP contribution in [0.15, 0.2) is 0 Å². The van der Waals surface area contributed by atoms with E-state index in [2.05, 4.69) is 18.3 Å². The van der Waals surface area contributed by atoms with E-state index < -0.39 is 0 Å². The lowest BCUT2D eigenvalue weighted by Crippen LogP contribution is -2.49. The van der Waals surface area contributed by atoms with Crippen molar-refractivity contribution in [3.05, 3.63) is 0 Å². The third-order valence-electron chi connectivity index (χ3n) is 4.34. The van der Waals surface area contributed by atoms with Crippen LogP contribution in [-0.2, 0) is 9.47 Å². The molecule has 0 spiro atoms. The van der Waals surface area contributed by atoms with E-state index in [4.69, 9.17) is 9.47 Å². The van der Waals surface area contributed by atoms with E-state index in [1.165, 1.54) is 0 Å². The molecule has 0 radical (unpaired) electrons. The van der Waals surface area contributed by atoms with Crippen LogP contribution in [0.1, 0.15) is 45.4 Å². The first kappa shape index (κ1) is 14.8. The summed E-state index contributed by atoms with van der Waals surface area (Å²) in [7, 11) is 0. The third kappa shape index (κ3) is 4.17. The molecule has 2 aliphatic rings. The van der Waals surface area contributed by atoms with Gasteiger partial charge in [0, 0.05) is 26.2 Å². The van der Waals surface area contributed by atoms with Crippen LogP contribution in [0.3, 0.4) is 0 Å². The van der Waals surface area contributed by atoms with Gasteiger partial charge in [-0.2, -0.15) is 5.26 Å². The zero-order chi connectivity index (χ0) is 13.6. The number of ether oxygens (including phenoxy) is 2. The summed E-state index contributed by atoms with van der Waals surface area (Å²) in [5.74, 6) is 0.645. The Labute approximate surface area is 116 Å². The predicted molar refractivity (Wildman–Crippen MR) is 73.8 cm³/mol. The number of nitriles is 1. The minimum Gasteiger partial charge on any atom is -0.381 e. The van der Waals surface area contributed by atoms with Crippen molar-refractivity contribution in [2.24, 2.45) is 5.92 Å². The molecule has 2 unspecified atom stereocenters. The summed E-state index contributed by atoms with van der Waals surface area (Å²) in [4.78, 5) is 0. The van der Waals surface area contributed by atoms with Gasteiger partial charge >= 0.3 is 0 Å². The summed E-state index contributed by atoms with van der Waals surface area (Å²) >= 11 is 0. The van der Waals surface area contributed by atoms with Crippen LogP contribution in [0, 0.1) is 17.2 Å². The smallest absolute Gasteiger partial charge is 0.109 e. The molecule has 2 atom stereocenters. The second-order valence-electron chi connectivity index (χ2n) is 5.83. The summed E-state index contributed by atoms with van der Waals surface area (Å²) in [6, 6.07) is 2.48. The molecular formula is C15H26N2O2. The maximum absolute atomic E-state index is 9.42. The first-order chi connectivity index (χ1) is 9.28. The van der Waals surface area contributed by atoms with Crippen molar-refractivity contribution in [2.75, 3.05) is 26.4 Å². The molecule has 1 heterocycles. The van der Waals surface area contributed by atoms with E-state index in [0.29, 0.717) is 5.92 Å². The fourth-order valence-corrected chi connectivity index (χ4v) is 3.19. The molecule has 0 aromatic carbocycles. The molecule has 2 fully saturated rings. The lowest BCUT2D eigenvalue weighted by molar-refractivity contribution is -0.0326. The van der Waals surface area contributed by atoms with Crippen LogP contribution in [-0.4, -0.2) is 38.0 Å². The van der Waals surface area contributed by atoms with Gasteiger partial charge in [-0.3, -0.25) is 5.32 Å². The van der Waals surface area contributed by atoms with Crippen LogP contribution < -0.4 is 5.32 Å². The van der Waals surface area contributed by atoms with Crippen LogP contribution >= 0.6 is 0 Å². The van der Waals surface area contributed by atoms with Crippen molar-refractivity contribution >= 4 is 0 Å². The number of hydrogen-bond donors (Lipinski definition) is 1. The molecule has 4 heteroatoms. The SMILES string of the molecule is CCNC1(C#N)CCCC(OCC2CCOCC2)C1. The van der Waals surface area contributed by atoms with Gasteiger partial charge in [-0.15, -0.1) is 0 Å². The first-order valence-corrected chi connectivity index (χ1v) is 7.63. The highest BCUT2D eigenvalue weighted by Gasteiger charge is 2.36. The summed E-state index contributed by atoms with van der Waals surface area (Å²) in [6.07, 6.45) is 6.44. The van der Waals surface area contributed by atoms with E-state index in [0.717, 1.165) is 64.9 Å². The number of hydrogen-bond acceptors (Lipinski definition) is 4. The molecule has 0 aromatic heterocycles. The molecule has 1 saturated heterocycles. The molecule has 108 valence electrons. The van der Waals surface area contributed by atoms with Crippen molar-refractivity contribution < 1.29 is 9.47 Å². The molecule has 1 aliphatic carbocycles. The molecule has 0 bridgehead atoms. The Hall–Kier alpha value is -0.630. The highest BCUT2D eigenvalue weighted by atomic mass is 16.5. The Bertz CT molecular complexity index is 306. The molecular weight excluding hydrogens is 240 g/mol. The standard InChI is InChI=1S/C15H26N2O2/c1-2-17-15(12-16)7-3-4-14(10-15)19-11-13-5-8-18-9-6-13/h13-14,17H,2-11H2,1H3. The van der Waals surface area contributed by atoms with Gasteiger partial charge in [0.1, 0.15) is 5.54 Å². The van der Waals surface area contributed by atoms with Crippen LogP contribution in [0.4, 0.5) is 0 Å². The second kappa shape index (κ2) is 7.23. The minimum atomic E-state index is -0.354. The summed E-state index contributed by atoms with van der Waals surface area (Å²) in [5.41, 5.74) is -0.354. The average molecular weight is 266 g/mol. The van der Waals surface area contributed by atoms with Crippen molar-refractivity contribution in [1.29, 1.82) is 5.26 Å². The third-order valence-corrected chi connectivity index (χ3v) is 4.34. The van der Waals surface area contributed by atoms with Crippen molar-refractivity contribution in [2.45, 2.75) is 57.1 Å². The molecule has 0 amide bonds. The molecule has 1 N–H and O–H groups in total. The molecule has 1 aliphatic heterocycles. The Balaban J connectivity index is 1.78. The quantitative estimate of drug-likeness (QED) is 0.829. The molecule has 0 aromatic rings. The number of nitrogens with zero attached hydrogens (tertiary/aromatic N) is 1. The fourth-order valence-electron chi connectivity index (χ4n) is 3.19. The topological polar surface area (TPSA) is 54.3 Å². The van der Waals surface area contributed by atoms with Gasteiger partial charge in [-0.05, 0) is 44.6 Å². The van der Waals surface area contributed by atoms with E-state index >= 15 is 0 Å². The van der Waals surface area contributed by atoms with Crippen LogP contribution in [0.5, 0.6) is 0 Å². The lowest BCUT2D eigenvalue weighted by atomic mass is 9.81. The molecule has 2 rings (SSSR count). The highest BCUT2D eigenvalue weighted by molar-refractivity contribution is 5.10. The van der Waals surface area contributed by atoms with Crippen molar-refractivity contribution in [3.8, 4) is 6.07 Å². The van der Waals surface area contributed by atoms with Gasteiger partial charge in [-0.1, -0.05) is 6.92 Å². The highest BCUT2D eigenvalue weighted by Crippen LogP contribution is 2.30. The largest absolute Gasteiger partial charge is 0.381 e. The maximum atomic E-state index is 9.42. The van der Waals surface area contributed by atoms with Crippen molar-refractivity contribution in [3.63, 3.8) is 0 Å². The van der Waals surface area contributed by atoms with Crippen molar-refractivity contribution in [1.82, 2.24) is 5.32 Å². The van der Waals surface area contributed by atoms with Gasteiger partial charge in [0.05, 0.1) is 12.2 Å². The summed E-state index contributed by atoms with van der Waals surface area (Å²) in [5, 5.41) is 12.8. The number of nitrogens with one attached hydrogen (secondary N) is 1. The Morgan fingerprint density at radius 1 is 1.37 bits per heavy atom. The van der Waals surface area contributed by atoms with Gasteiger partial charge in [-0.25, -0.2) is 0 Å². The van der Waals surface area contributed by atoms with Crippen LogP contribution in [0.25, 0.3) is 0 Å². The monoisotopic (exact) mass is 266 g/mol. The van der Waals surface area contributed by atoms with Gasteiger partial charge < -0.3 is 9.47 Å². The minimum absolute atomic E-state index is 0.246. The zero-order valence-corrected chi connectivity index (χ0v) is 12.0. The first-order valence-electron chi connectivity index (χ1n) is 7.63. The van der Waals surface area contributed by atoms with Gasteiger partial charge in [0.15, 0.2) is 0 Å². The predicted octanol–water partition coefficient (Wildman–Crippen LogP) is 2.24. The molecule has 4 nitrogen and oxygen atoms in total. The number of rotatable bonds is 5. The summed E-state index contributed by atoms with van der Waals surface area (Å²) in [6.45, 7) is 5.49. The maximum Gasteiger partial charge on any atom is 0.109 e.